The number of benzene rings is 7. The van der Waals surface area contributed by atoms with Crippen molar-refractivity contribution in [3.63, 3.8) is 0 Å². The lowest BCUT2D eigenvalue weighted by molar-refractivity contribution is 0.669. The maximum Gasteiger partial charge on any atom is 0.164 e. The van der Waals surface area contributed by atoms with Gasteiger partial charge in [-0.1, -0.05) is 133 Å². The van der Waals surface area contributed by atoms with Crippen molar-refractivity contribution < 1.29 is 4.42 Å². The van der Waals surface area contributed by atoms with E-state index < -0.39 is 0 Å². The average Bonchev–Trinajstić information content (AvgIpc) is 3.80. The zero-order valence-electron chi connectivity index (χ0n) is 27.6. The highest BCUT2D eigenvalue weighted by molar-refractivity contribution is 7.27. The molecule has 52 heavy (non-hydrogen) atoms. The summed E-state index contributed by atoms with van der Waals surface area (Å²) in [6.45, 7) is 0. The van der Waals surface area contributed by atoms with Gasteiger partial charge >= 0.3 is 0 Å². The minimum absolute atomic E-state index is 0.604. The molecule has 0 radical (unpaired) electrons. The van der Waals surface area contributed by atoms with Crippen molar-refractivity contribution in [2.24, 2.45) is 0 Å². The fourth-order valence-electron chi connectivity index (χ4n) is 7.61. The third-order valence-electron chi connectivity index (χ3n) is 9.93. The van der Waals surface area contributed by atoms with Gasteiger partial charge < -0.3 is 4.42 Å². The monoisotopic (exact) mass is 682 g/mol. The molecule has 242 valence electrons. The van der Waals surface area contributed by atoms with Gasteiger partial charge in [-0.25, -0.2) is 19.9 Å². The normalized spacial score (nSPS) is 11.8. The van der Waals surface area contributed by atoms with Crippen LogP contribution in [0.4, 0.5) is 0 Å². The van der Waals surface area contributed by atoms with Crippen LogP contribution in [0.3, 0.4) is 0 Å². The summed E-state index contributed by atoms with van der Waals surface area (Å²) in [7, 11) is 0. The van der Waals surface area contributed by atoms with E-state index in [2.05, 4.69) is 91.0 Å². The Bertz CT molecular complexity index is 3190. The maximum absolute atomic E-state index is 6.27. The fraction of sp³-hybridized carbons (Fsp3) is 0. The summed E-state index contributed by atoms with van der Waals surface area (Å²) in [5.74, 6) is 1.85. The van der Waals surface area contributed by atoms with Gasteiger partial charge in [0.2, 0.25) is 0 Å². The summed E-state index contributed by atoms with van der Waals surface area (Å²) in [6.07, 6.45) is 0. The zero-order chi connectivity index (χ0) is 34.2. The predicted molar refractivity (Wildman–Crippen MR) is 215 cm³/mol. The number of para-hydroxylation sites is 2. The molecule has 6 heteroatoms. The lowest BCUT2D eigenvalue weighted by Crippen LogP contribution is -2.00. The van der Waals surface area contributed by atoms with E-state index in [1.807, 2.05) is 78.1 Å². The third kappa shape index (κ3) is 4.41. The van der Waals surface area contributed by atoms with Gasteiger partial charge in [-0.05, 0) is 24.3 Å². The molecule has 0 saturated carbocycles. The van der Waals surface area contributed by atoms with E-state index in [-0.39, 0.29) is 0 Å². The van der Waals surface area contributed by atoms with Crippen LogP contribution in [0.25, 0.3) is 109 Å². The Morgan fingerprint density at radius 1 is 0.385 bits per heavy atom. The second kappa shape index (κ2) is 11.4. The summed E-state index contributed by atoms with van der Waals surface area (Å²) in [5.41, 5.74) is 7.51. The molecule has 0 unspecified atom stereocenters. The topological polar surface area (TPSA) is 64.7 Å². The summed E-state index contributed by atoms with van der Waals surface area (Å²) >= 11 is 1.81. The van der Waals surface area contributed by atoms with Crippen LogP contribution < -0.4 is 0 Å². The van der Waals surface area contributed by atoms with Crippen molar-refractivity contribution in [2.75, 3.05) is 0 Å². The Kier molecular flexibility index (Phi) is 6.35. The first-order valence-electron chi connectivity index (χ1n) is 17.2. The Morgan fingerprint density at radius 3 is 1.81 bits per heavy atom. The number of aromatic nitrogens is 4. The van der Waals surface area contributed by atoms with Crippen LogP contribution in [0.15, 0.2) is 162 Å². The molecule has 0 aliphatic carbocycles. The molecule has 0 atom stereocenters. The molecule has 0 saturated heterocycles. The van der Waals surface area contributed by atoms with Crippen LogP contribution in [-0.4, -0.2) is 19.9 Å². The molecule has 0 aliphatic rings. The number of thiophene rings is 1. The second-order valence-corrected chi connectivity index (χ2v) is 14.0. The van der Waals surface area contributed by atoms with Crippen molar-refractivity contribution in [2.45, 2.75) is 0 Å². The molecule has 0 amide bonds. The Morgan fingerprint density at radius 2 is 1.00 bits per heavy atom. The molecule has 0 bridgehead atoms. The van der Waals surface area contributed by atoms with E-state index in [0.717, 1.165) is 71.6 Å². The van der Waals surface area contributed by atoms with E-state index in [9.17, 15) is 0 Å². The van der Waals surface area contributed by atoms with Gasteiger partial charge in [0.15, 0.2) is 17.5 Å². The predicted octanol–water partition coefficient (Wildman–Crippen LogP) is 12.5. The molecule has 11 aromatic rings. The summed E-state index contributed by atoms with van der Waals surface area (Å²) in [4.78, 5) is 20.7. The summed E-state index contributed by atoms with van der Waals surface area (Å²) < 4.78 is 8.67. The first-order chi connectivity index (χ1) is 25.8. The van der Waals surface area contributed by atoms with E-state index in [1.165, 1.54) is 20.2 Å². The van der Waals surface area contributed by atoms with Crippen LogP contribution in [-0.2, 0) is 0 Å². The summed E-state index contributed by atoms with van der Waals surface area (Å²) in [5, 5.41) is 7.83. The lowest BCUT2D eigenvalue weighted by atomic mass is 9.97. The zero-order valence-corrected chi connectivity index (χ0v) is 28.4. The SMILES string of the molecule is c1ccc(-c2nc(-c3cccc4oc5ccccc5c34)nc(-c3cccc4sc5c(ccc6c(-c7ccccc7)nc7ccccc7c65)c34)n2)cc1. The van der Waals surface area contributed by atoms with Crippen molar-refractivity contribution in [3.05, 3.63) is 158 Å². The van der Waals surface area contributed by atoms with Crippen LogP contribution in [0.1, 0.15) is 0 Å². The second-order valence-electron chi connectivity index (χ2n) is 12.9. The van der Waals surface area contributed by atoms with Gasteiger partial charge in [0.25, 0.3) is 0 Å². The van der Waals surface area contributed by atoms with Gasteiger partial charge in [-0.3, -0.25) is 0 Å². The van der Waals surface area contributed by atoms with E-state index in [1.54, 1.807) is 0 Å². The maximum atomic E-state index is 6.27. The molecule has 4 aromatic heterocycles. The first-order valence-corrected chi connectivity index (χ1v) is 18.0. The van der Waals surface area contributed by atoms with Crippen molar-refractivity contribution in [3.8, 4) is 45.4 Å². The number of furan rings is 1. The molecule has 4 heterocycles. The van der Waals surface area contributed by atoms with E-state index >= 15 is 0 Å². The Balaban J connectivity index is 1.21. The molecule has 0 spiro atoms. The van der Waals surface area contributed by atoms with Gasteiger partial charge in [0.05, 0.1) is 11.2 Å². The van der Waals surface area contributed by atoms with Gasteiger partial charge in [-0.2, -0.15) is 0 Å². The number of rotatable bonds is 4. The fourth-order valence-corrected chi connectivity index (χ4v) is 8.90. The number of nitrogens with zero attached hydrogens (tertiary/aromatic N) is 4. The van der Waals surface area contributed by atoms with E-state index in [4.69, 9.17) is 24.4 Å². The highest BCUT2D eigenvalue weighted by Gasteiger charge is 2.21. The molecule has 7 aromatic carbocycles. The first kappa shape index (κ1) is 29.0. The quantitative estimate of drug-likeness (QED) is 0.173. The van der Waals surface area contributed by atoms with Gasteiger partial charge in [-0.15, -0.1) is 11.3 Å². The Hall–Kier alpha value is -6.76. The Labute approximate surface area is 301 Å². The number of fused-ring (bicyclic) bond motifs is 10. The number of pyridine rings is 1. The number of hydrogen-bond acceptors (Lipinski definition) is 6. The number of hydrogen-bond donors (Lipinski definition) is 0. The molecule has 0 fully saturated rings. The standard InChI is InChI=1S/C46H26N4OS/c1-3-13-27(14-4-1)42-31-25-26-32-40-34(20-12-24-38(40)52-43(32)41(31)29-17-7-9-21-35(29)47-42)46-49-44(28-15-5-2-6-16-28)48-45(50-46)33-19-11-23-37-39(33)30-18-8-10-22-36(30)51-37/h1-26H. The van der Waals surface area contributed by atoms with Crippen LogP contribution in [0, 0.1) is 0 Å². The molecule has 0 aliphatic heterocycles. The smallest absolute Gasteiger partial charge is 0.164 e. The molecule has 11 rings (SSSR count). The van der Waals surface area contributed by atoms with E-state index in [0.29, 0.717) is 17.5 Å². The van der Waals surface area contributed by atoms with Crippen LogP contribution in [0.5, 0.6) is 0 Å². The molecule has 0 N–H and O–H groups in total. The van der Waals surface area contributed by atoms with Crippen molar-refractivity contribution >= 4 is 75.1 Å². The molecule has 5 nitrogen and oxygen atoms in total. The third-order valence-corrected chi connectivity index (χ3v) is 11.1. The largest absolute Gasteiger partial charge is 0.456 e. The lowest BCUT2D eigenvalue weighted by Gasteiger charge is -2.12. The molecular formula is C46H26N4OS. The highest BCUT2D eigenvalue weighted by Crippen LogP contribution is 2.46. The van der Waals surface area contributed by atoms with Crippen LogP contribution in [0.2, 0.25) is 0 Å². The van der Waals surface area contributed by atoms with Crippen molar-refractivity contribution in [1.29, 1.82) is 0 Å². The summed E-state index contributed by atoms with van der Waals surface area (Å²) in [6, 6.07) is 54.2. The van der Waals surface area contributed by atoms with Crippen LogP contribution >= 0.6 is 11.3 Å². The average molecular weight is 683 g/mol. The van der Waals surface area contributed by atoms with Gasteiger partial charge in [0.1, 0.15) is 11.2 Å². The molecular weight excluding hydrogens is 657 g/mol. The highest BCUT2D eigenvalue weighted by atomic mass is 32.1. The van der Waals surface area contributed by atoms with Gasteiger partial charge in [0, 0.05) is 69.4 Å². The minimum Gasteiger partial charge on any atom is -0.456 e. The minimum atomic E-state index is 0.604. The van der Waals surface area contributed by atoms with Crippen molar-refractivity contribution in [1.82, 2.24) is 19.9 Å².